The van der Waals surface area contributed by atoms with Crippen molar-refractivity contribution in [2.75, 3.05) is 32.2 Å². The van der Waals surface area contributed by atoms with E-state index in [1.54, 1.807) is 4.52 Å². The van der Waals surface area contributed by atoms with E-state index in [2.05, 4.69) is 17.0 Å². The molecular formula is C40H61FN5O7P. The molecule has 1 aliphatic heterocycles. The number of benzene rings is 1. The van der Waals surface area contributed by atoms with Crippen LogP contribution in [0, 0.1) is 17.1 Å². The first kappa shape index (κ1) is 43.8. The van der Waals surface area contributed by atoms with Crippen molar-refractivity contribution >= 4 is 19.2 Å². The van der Waals surface area contributed by atoms with Crippen molar-refractivity contribution in [3.8, 4) is 6.07 Å². The SMILES string of the molecule is CCCCCCCCCCCCCCCCCCOCC(COP(=O)(O)OCC1CCC(c2ccc3c(N)ncnn23)O1)OCc1ccc(C#N)cc1F. The first-order chi connectivity index (χ1) is 26.3. The molecule has 0 saturated carbocycles. The zero-order valence-electron chi connectivity index (χ0n) is 32.0. The van der Waals surface area contributed by atoms with Crippen LogP contribution in [-0.2, 0) is 34.4 Å². The Labute approximate surface area is 320 Å². The summed E-state index contributed by atoms with van der Waals surface area (Å²) in [5.41, 5.74) is 7.89. The number of nitriles is 1. The molecule has 4 atom stereocenters. The van der Waals surface area contributed by atoms with Crippen LogP contribution in [0.25, 0.3) is 5.52 Å². The third kappa shape index (κ3) is 15.7. The number of nitrogen functional groups attached to an aromatic ring is 1. The van der Waals surface area contributed by atoms with Gasteiger partial charge in [0.05, 0.1) is 49.9 Å². The number of halogens is 1. The minimum atomic E-state index is -4.49. The highest BCUT2D eigenvalue weighted by Gasteiger charge is 2.32. The molecule has 1 saturated heterocycles. The number of anilines is 1. The van der Waals surface area contributed by atoms with Crippen molar-refractivity contribution in [2.45, 2.75) is 147 Å². The van der Waals surface area contributed by atoms with Crippen LogP contribution in [0.5, 0.6) is 0 Å². The van der Waals surface area contributed by atoms with Gasteiger partial charge in [-0.25, -0.2) is 18.5 Å². The second-order valence-electron chi connectivity index (χ2n) is 14.3. The van der Waals surface area contributed by atoms with Crippen molar-refractivity contribution in [1.29, 1.82) is 5.26 Å². The maximum atomic E-state index is 14.5. The predicted molar refractivity (Wildman–Crippen MR) is 206 cm³/mol. The van der Waals surface area contributed by atoms with Gasteiger partial charge < -0.3 is 24.8 Å². The minimum absolute atomic E-state index is 0.0867. The zero-order chi connectivity index (χ0) is 38.4. The number of phosphoric acid groups is 1. The maximum Gasteiger partial charge on any atom is 0.472 e. The Morgan fingerprint density at radius 1 is 0.963 bits per heavy atom. The molecule has 0 aliphatic carbocycles. The highest BCUT2D eigenvalue weighted by atomic mass is 31.2. The van der Waals surface area contributed by atoms with Crippen molar-refractivity contribution in [1.82, 2.24) is 14.6 Å². The molecule has 4 unspecified atom stereocenters. The lowest BCUT2D eigenvalue weighted by Crippen LogP contribution is -2.26. The lowest BCUT2D eigenvalue weighted by molar-refractivity contribution is -0.0535. The fraction of sp³-hybridized carbons (Fsp3) is 0.675. The molecule has 0 radical (unpaired) electrons. The molecule has 54 heavy (non-hydrogen) atoms. The van der Waals surface area contributed by atoms with Crippen LogP contribution < -0.4 is 5.73 Å². The van der Waals surface area contributed by atoms with Crippen LogP contribution in [0.1, 0.15) is 145 Å². The van der Waals surface area contributed by atoms with Crippen molar-refractivity contribution < 1.29 is 37.1 Å². The molecule has 300 valence electrons. The van der Waals surface area contributed by atoms with E-state index in [-0.39, 0.29) is 43.7 Å². The molecule has 0 bridgehead atoms. The topological polar surface area (TPSA) is 163 Å². The van der Waals surface area contributed by atoms with Crippen LogP contribution in [0.4, 0.5) is 10.2 Å². The molecule has 2 aromatic heterocycles. The standard InChI is InChI=1S/C40H61FN5O7P/c1-2-3-4-5-6-7-8-9-10-11-12-13-14-15-16-17-24-49-28-35(50-27-33-19-18-32(26-42)25-36(33)41)30-52-54(47,48)51-29-34-20-23-39(53-34)37-21-22-38-40(43)44-31-45-46(37)38/h18-19,21-22,25,31,34-35,39H,2-17,20,23-24,27-30H2,1H3,(H,47,48)(H2,43,44,45). The van der Waals surface area contributed by atoms with Crippen LogP contribution in [-0.4, -0.2) is 58.1 Å². The number of fused-ring (bicyclic) bond motifs is 1. The summed E-state index contributed by atoms with van der Waals surface area (Å²) >= 11 is 0. The molecule has 3 N–H and O–H groups in total. The highest BCUT2D eigenvalue weighted by Crippen LogP contribution is 2.45. The van der Waals surface area contributed by atoms with E-state index < -0.39 is 25.8 Å². The molecular weight excluding hydrogens is 712 g/mol. The molecule has 3 aromatic rings. The lowest BCUT2D eigenvalue weighted by atomic mass is 10.0. The van der Waals surface area contributed by atoms with E-state index >= 15 is 0 Å². The molecule has 1 fully saturated rings. The van der Waals surface area contributed by atoms with Crippen LogP contribution >= 0.6 is 7.82 Å². The van der Waals surface area contributed by atoms with Gasteiger partial charge >= 0.3 is 7.82 Å². The number of hydrogen-bond donors (Lipinski definition) is 2. The van der Waals surface area contributed by atoms with Crippen molar-refractivity contribution in [3.05, 3.63) is 59.3 Å². The quantitative estimate of drug-likeness (QED) is 0.0510. The minimum Gasteiger partial charge on any atom is -0.382 e. The van der Waals surface area contributed by atoms with E-state index in [1.165, 1.54) is 102 Å². The molecule has 0 amide bonds. The summed E-state index contributed by atoms with van der Waals surface area (Å²) in [5, 5.41) is 13.3. The molecule has 0 spiro atoms. The Hall–Kier alpha value is -2.95. The van der Waals surface area contributed by atoms with Gasteiger partial charge in [-0.15, -0.1) is 0 Å². The Morgan fingerprint density at radius 2 is 1.63 bits per heavy atom. The average molecular weight is 774 g/mol. The van der Waals surface area contributed by atoms with Gasteiger partial charge in [-0.1, -0.05) is 109 Å². The molecule has 1 aromatic carbocycles. The largest absolute Gasteiger partial charge is 0.472 e. The molecule has 4 rings (SSSR count). The normalized spacial score (nSPS) is 17.5. The summed E-state index contributed by atoms with van der Waals surface area (Å²) in [6.07, 6.45) is 21.7. The molecule has 12 nitrogen and oxygen atoms in total. The number of hydrogen-bond acceptors (Lipinski definition) is 10. The number of aromatic nitrogens is 3. The summed E-state index contributed by atoms with van der Waals surface area (Å²) in [7, 11) is -4.49. The Bertz CT molecular complexity index is 1600. The number of phosphoric ester groups is 1. The molecule has 14 heteroatoms. The fourth-order valence-electron chi connectivity index (χ4n) is 6.71. The smallest absolute Gasteiger partial charge is 0.382 e. The van der Waals surface area contributed by atoms with Gasteiger partial charge in [-0.3, -0.25) is 9.05 Å². The van der Waals surface area contributed by atoms with Gasteiger partial charge in [0, 0.05) is 12.2 Å². The lowest BCUT2D eigenvalue weighted by Gasteiger charge is -2.21. The number of nitrogens with zero attached hydrogens (tertiary/aromatic N) is 4. The Morgan fingerprint density at radius 3 is 2.28 bits per heavy atom. The third-order valence-corrected chi connectivity index (χ3v) is 10.8. The van der Waals surface area contributed by atoms with Gasteiger partial charge in [0.1, 0.15) is 29.9 Å². The summed E-state index contributed by atoms with van der Waals surface area (Å²) < 4.78 is 57.6. The summed E-state index contributed by atoms with van der Waals surface area (Å²) in [4.78, 5) is 14.5. The van der Waals surface area contributed by atoms with Gasteiger partial charge in [0.2, 0.25) is 0 Å². The second-order valence-corrected chi connectivity index (χ2v) is 15.8. The Kier molecular flexibility index (Phi) is 19.9. The summed E-state index contributed by atoms with van der Waals surface area (Å²) in [6, 6.07) is 9.75. The Balaban J connectivity index is 1.12. The summed E-state index contributed by atoms with van der Waals surface area (Å²) in [6.45, 7) is 2.26. The first-order valence-electron chi connectivity index (χ1n) is 20.0. The number of ether oxygens (including phenoxy) is 3. The highest BCUT2D eigenvalue weighted by molar-refractivity contribution is 7.47. The average Bonchev–Trinajstić information content (AvgIpc) is 3.83. The second kappa shape index (κ2) is 24.5. The van der Waals surface area contributed by atoms with E-state index in [1.807, 2.05) is 18.2 Å². The monoisotopic (exact) mass is 773 g/mol. The number of unbranched alkanes of at least 4 members (excludes halogenated alkanes) is 15. The van der Waals surface area contributed by atoms with Gasteiger partial charge in [-0.05, 0) is 43.5 Å². The van der Waals surface area contributed by atoms with E-state index in [0.29, 0.717) is 30.8 Å². The zero-order valence-corrected chi connectivity index (χ0v) is 32.9. The van der Waals surface area contributed by atoms with Crippen molar-refractivity contribution in [2.24, 2.45) is 0 Å². The first-order valence-corrected chi connectivity index (χ1v) is 21.5. The fourth-order valence-corrected chi connectivity index (χ4v) is 7.49. The number of nitrogens with two attached hydrogens (primary N) is 1. The van der Waals surface area contributed by atoms with Gasteiger partial charge in [0.25, 0.3) is 0 Å². The van der Waals surface area contributed by atoms with Gasteiger partial charge in [0.15, 0.2) is 5.82 Å². The van der Waals surface area contributed by atoms with E-state index in [0.717, 1.165) is 31.0 Å². The molecule has 1 aliphatic rings. The van der Waals surface area contributed by atoms with Crippen LogP contribution in [0.3, 0.4) is 0 Å². The van der Waals surface area contributed by atoms with Crippen molar-refractivity contribution in [3.63, 3.8) is 0 Å². The predicted octanol–water partition coefficient (Wildman–Crippen LogP) is 9.54. The number of rotatable bonds is 29. The van der Waals surface area contributed by atoms with Crippen LogP contribution in [0.2, 0.25) is 0 Å². The van der Waals surface area contributed by atoms with Crippen LogP contribution in [0.15, 0.2) is 36.7 Å². The third-order valence-electron chi connectivity index (χ3n) is 9.90. The van der Waals surface area contributed by atoms with Gasteiger partial charge in [-0.2, -0.15) is 10.4 Å². The molecule has 3 heterocycles. The maximum absolute atomic E-state index is 14.5. The van der Waals surface area contributed by atoms with E-state index in [4.69, 9.17) is 34.3 Å². The van der Waals surface area contributed by atoms with E-state index in [9.17, 15) is 13.8 Å². The summed E-state index contributed by atoms with van der Waals surface area (Å²) in [5.74, 6) is -0.208.